The maximum atomic E-state index is 2.39. The second-order valence-corrected chi connectivity index (χ2v) is 8.24. The highest BCUT2D eigenvalue weighted by Crippen LogP contribution is 2.37. The van der Waals surface area contributed by atoms with Crippen LogP contribution < -0.4 is 0 Å². The molecule has 0 aliphatic heterocycles. The summed E-state index contributed by atoms with van der Waals surface area (Å²) in [6, 6.07) is 31.0. The maximum absolute atomic E-state index is 2.39. The van der Waals surface area contributed by atoms with Crippen LogP contribution in [-0.4, -0.2) is 4.57 Å². The third kappa shape index (κ3) is 2.11. The summed E-state index contributed by atoms with van der Waals surface area (Å²) in [7, 11) is 0. The first-order valence-electron chi connectivity index (χ1n) is 9.21. The Morgan fingerprint density at radius 3 is 2.04 bits per heavy atom. The van der Waals surface area contributed by atoms with Gasteiger partial charge in [-0.2, -0.15) is 0 Å². The van der Waals surface area contributed by atoms with Gasteiger partial charge in [0, 0.05) is 36.6 Å². The zero-order valence-electron chi connectivity index (χ0n) is 14.9. The van der Waals surface area contributed by atoms with E-state index in [1.54, 1.807) is 0 Å². The molecule has 6 rings (SSSR count). The minimum Gasteiger partial charge on any atom is -0.309 e. The van der Waals surface area contributed by atoms with Crippen molar-refractivity contribution in [2.45, 2.75) is 6.92 Å². The van der Waals surface area contributed by atoms with Gasteiger partial charge in [0.1, 0.15) is 0 Å². The van der Waals surface area contributed by atoms with E-state index >= 15 is 0 Å². The van der Waals surface area contributed by atoms with E-state index in [1.165, 1.54) is 53.2 Å². The predicted octanol–water partition coefficient (Wildman–Crippen LogP) is 7.46. The molecule has 27 heavy (non-hydrogen) atoms. The molecule has 2 aromatic heterocycles. The molecule has 128 valence electrons. The fourth-order valence-corrected chi connectivity index (χ4v) is 5.34. The molecule has 0 saturated carbocycles. The number of hydrogen-bond acceptors (Lipinski definition) is 1. The summed E-state index contributed by atoms with van der Waals surface area (Å²) < 4.78 is 5.09. The van der Waals surface area contributed by atoms with Crippen LogP contribution in [0.25, 0.3) is 47.7 Å². The number of aromatic nitrogens is 1. The smallest absolute Gasteiger partial charge is 0.0541 e. The van der Waals surface area contributed by atoms with Crippen LogP contribution in [0.2, 0.25) is 0 Å². The number of para-hydroxylation sites is 2. The lowest BCUT2D eigenvalue weighted by molar-refractivity contribution is 1.19. The van der Waals surface area contributed by atoms with Crippen molar-refractivity contribution >= 4 is 53.3 Å². The van der Waals surface area contributed by atoms with Gasteiger partial charge < -0.3 is 4.57 Å². The van der Waals surface area contributed by atoms with Gasteiger partial charge in [0.05, 0.1) is 11.0 Å². The summed E-state index contributed by atoms with van der Waals surface area (Å²) >= 11 is 1.88. The van der Waals surface area contributed by atoms with Crippen LogP contribution in [0.4, 0.5) is 0 Å². The molecule has 0 aliphatic carbocycles. The molecule has 6 aromatic rings. The van der Waals surface area contributed by atoms with Gasteiger partial charge in [-0.15, -0.1) is 11.3 Å². The molecule has 0 atom stereocenters. The molecular weight excluding hydrogens is 346 g/mol. The summed E-state index contributed by atoms with van der Waals surface area (Å²) in [5.41, 5.74) is 5.06. The number of aryl methyl sites for hydroxylation is 1. The Bertz CT molecular complexity index is 1430. The van der Waals surface area contributed by atoms with Gasteiger partial charge in [-0.05, 0) is 43.3 Å². The molecule has 0 fully saturated rings. The van der Waals surface area contributed by atoms with Gasteiger partial charge in [-0.3, -0.25) is 0 Å². The van der Waals surface area contributed by atoms with Gasteiger partial charge in [0.2, 0.25) is 0 Å². The van der Waals surface area contributed by atoms with Crippen molar-refractivity contribution in [3.05, 3.63) is 90.5 Å². The van der Waals surface area contributed by atoms with Crippen LogP contribution in [-0.2, 0) is 0 Å². The van der Waals surface area contributed by atoms with Crippen LogP contribution in [0, 0.1) is 6.92 Å². The molecule has 0 N–H and O–H groups in total. The van der Waals surface area contributed by atoms with Gasteiger partial charge in [0.25, 0.3) is 0 Å². The number of thiophene rings is 1. The van der Waals surface area contributed by atoms with E-state index in [2.05, 4.69) is 96.4 Å². The highest BCUT2D eigenvalue weighted by Gasteiger charge is 2.13. The second-order valence-electron chi connectivity index (χ2n) is 7.15. The van der Waals surface area contributed by atoms with Crippen LogP contribution in [0.1, 0.15) is 5.56 Å². The summed E-state index contributed by atoms with van der Waals surface area (Å²) in [6.07, 6.45) is 0. The van der Waals surface area contributed by atoms with Gasteiger partial charge >= 0.3 is 0 Å². The Kier molecular flexibility index (Phi) is 3.03. The Balaban J connectivity index is 1.71. The molecular formula is C25H17NS. The second kappa shape index (κ2) is 5.45. The monoisotopic (exact) mass is 363 g/mol. The third-order valence-electron chi connectivity index (χ3n) is 5.45. The quantitative estimate of drug-likeness (QED) is 0.286. The average molecular weight is 363 g/mol. The van der Waals surface area contributed by atoms with Crippen molar-refractivity contribution in [2.75, 3.05) is 0 Å². The first kappa shape index (κ1) is 15.0. The lowest BCUT2D eigenvalue weighted by Crippen LogP contribution is -1.92. The molecule has 0 saturated heterocycles. The molecule has 0 unspecified atom stereocenters. The summed E-state index contributed by atoms with van der Waals surface area (Å²) in [4.78, 5) is 0. The standard InChI is InChI=1S/C25H17NS/c1-16-10-13-24-21(14-16)20-12-11-17(15-25(20)27-24)26-22-8-4-2-6-18(22)19-7-3-5-9-23(19)26/h2-15H,1H3. The van der Waals surface area contributed by atoms with Gasteiger partial charge in [-0.1, -0.05) is 54.1 Å². The zero-order chi connectivity index (χ0) is 18.0. The van der Waals surface area contributed by atoms with Crippen LogP contribution in [0.5, 0.6) is 0 Å². The summed E-state index contributed by atoms with van der Waals surface area (Å²) in [5, 5.41) is 5.33. The molecule has 1 nitrogen and oxygen atoms in total. The number of nitrogens with zero attached hydrogens (tertiary/aromatic N) is 1. The minimum atomic E-state index is 1.23. The fourth-order valence-electron chi connectivity index (χ4n) is 4.22. The third-order valence-corrected chi connectivity index (χ3v) is 6.58. The van der Waals surface area contributed by atoms with Crippen molar-refractivity contribution in [2.24, 2.45) is 0 Å². The molecule has 0 bridgehead atoms. The number of hydrogen-bond donors (Lipinski definition) is 0. The van der Waals surface area contributed by atoms with E-state index in [4.69, 9.17) is 0 Å². The zero-order valence-corrected chi connectivity index (χ0v) is 15.8. The van der Waals surface area contributed by atoms with Crippen molar-refractivity contribution in [1.82, 2.24) is 4.57 Å². The van der Waals surface area contributed by atoms with Crippen molar-refractivity contribution in [3.8, 4) is 5.69 Å². The van der Waals surface area contributed by atoms with Crippen LogP contribution in [0.15, 0.2) is 84.9 Å². The summed E-state index contributed by atoms with van der Waals surface area (Å²) in [6.45, 7) is 2.16. The largest absolute Gasteiger partial charge is 0.309 e. The Labute approximate surface area is 161 Å². The Hall–Kier alpha value is -3.10. The summed E-state index contributed by atoms with van der Waals surface area (Å²) in [5.74, 6) is 0. The lowest BCUT2D eigenvalue weighted by Gasteiger charge is -2.08. The topological polar surface area (TPSA) is 4.93 Å². The average Bonchev–Trinajstić information content (AvgIpc) is 3.23. The minimum absolute atomic E-state index is 1.23. The van der Waals surface area contributed by atoms with E-state index in [1.807, 2.05) is 11.3 Å². The number of fused-ring (bicyclic) bond motifs is 6. The number of rotatable bonds is 1. The lowest BCUT2D eigenvalue weighted by atomic mass is 10.1. The highest BCUT2D eigenvalue weighted by atomic mass is 32.1. The van der Waals surface area contributed by atoms with Gasteiger partial charge in [-0.25, -0.2) is 0 Å². The van der Waals surface area contributed by atoms with Crippen LogP contribution in [0.3, 0.4) is 0 Å². The molecule has 2 heterocycles. The van der Waals surface area contributed by atoms with Gasteiger partial charge in [0.15, 0.2) is 0 Å². The Morgan fingerprint density at radius 1 is 0.593 bits per heavy atom. The molecule has 0 spiro atoms. The highest BCUT2D eigenvalue weighted by molar-refractivity contribution is 7.25. The normalized spacial score (nSPS) is 11.9. The van der Waals surface area contributed by atoms with Crippen molar-refractivity contribution in [3.63, 3.8) is 0 Å². The van der Waals surface area contributed by atoms with Crippen molar-refractivity contribution in [1.29, 1.82) is 0 Å². The molecule has 4 aromatic carbocycles. The van der Waals surface area contributed by atoms with Crippen LogP contribution >= 0.6 is 11.3 Å². The molecule has 2 heteroatoms. The first-order valence-corrected chi connectivity index (χ1v) is 10.0. The Morgan fingerprint density at radius 2 is 1.30 bits per heavy atom. The van der Waals surface area contributed by atoms with E-state index in [0.717, 1.165) is 0 Å². The van der Waals surface area contributed by atoms with E-state index in [-0.39, 0.29) is 0 Å². The molecule has 0 amide bonds. The van der Waals surface area contributed by atoms with E-state index in [0.29, 0.717) is 0 Å². The van der Waals surface area contributed by atoms with E-state index in [9.17, 15) is 0 Å². The first-order chi connectivity index (χ1) is 13.3. The predicted molar refractivity (Wildman–Crippen MR) is 118 cm³/mol. The maximum Gasteiger partial charge on any atom is 0.0541 e. The number of benzene rings is 4. The van der Waals surface area contributed by atoms with E-state index < -0.39 is 0 Å². The van der Waals surface area contributed by atoms with Crippen molar-refractivity contribution < 1.29 is 0 Å². The fraction of sp³-hybridized carbons (Fsp3) is 0.0400. The SMILES string of the molecule is Cc1ccc2sc3cc(-n4c5ccccc5c5ccccc54)ccc3c2c1. The molecule has 0 radical (unpaired) electrons. The molecule has 0 aliphatic rings.